The standard InChI is InChI=1S/C16H15N7S/c1-10(15-21-22-16(17)24-15)19-14-9-12(11-5-3-2-4-6-11)20-13-7-8-18-23(13)14/h2-10,19H,1H3,(H2,17,22). The largest absolute Gasteiger partial charge is 0.374 e. The molecule has 24 heavy (non-hydrogen) atoms. The summed E-state index contributed by atoms with van der Waals surface area (Å²) in [6, 6.07) is 13.9. The van der Waals surface area contributed by atoms with Gasteiger partial charge >= 0.3 is 0 Å². The Morgan fingerprint density at radius 1 is 1.17 bits per heavy atom. The SMILES string of the molecule is CC(Nc1cc(-c2ccccc2)nc2ccnn12)c1nnc(N)s1. The molecule has 1 unspecified atom stereocenters. The molecule has 4 rings (SSSR count). The van der Waals surface area contributed by atoms with Crippen LogP contribution in [0.25, 0.3) is 16.9 Å². The molecule has 0 saturated carbocycles. The zero-order chi connectivity index (χ0) is 16.5. The fourth-order valence-electron chi connectivity index (χ4n) is 2.48. The van der Waals surface area contributed by atoms with Crippen LogP contribution in [0, 0.1) is 0 Å². The molecule has 0 radical (unpaired) electrons. The minimum absolute atomic E-state index is 0.0433. The van der Waals surface area contributed by atoms with Crippen LogP contribution < -0.4 is 11.1 Å². The number of anilines is 2. The number of nitrogens with zero attached hydrogens (tertiary/aromatic N) is 5. The van der Waals surface area contributed by atoms with Gasteiger partial charge in [-0.05, 0) is 6.92 Å². The Morgan fingerprint density at radius 3 is 2.75 bits per heavy atom. The van der Waals surface area contributed by atoms with E-state index in [0.29, 0.717) is 5.13 Å². The van der Waals surface area contributed by atoms with E-state index in [1.54, 1.807) is 10.7 Å². The Kier molecular flexibility index (Phi) is 3.58. The van der Waals surface area contributed by atoms with Crippen molar-refractivity contribution in [2.24, 2.45) is 0 Å². The molecule has 4 aromatic rings. The molecular weight excluding hydrogens is 322 g/mol. The van der Waals surface area contributed by atoms with Crippen molar-refractivity contribution in [3.63, 3.8) is 0 Å². The highest BCUT2D eigenvalue weighted by Gasteiger charge is 2.14. The summed E-state index contributed by atoms with van der Waals surface area (Å²) in [4.78, 5) is 4.67. The molecule has 0 spiro atoms. The average Bonchev–Trinajstić information content (AvgIpc) is 3.24. The fourth-order valence-corrected chi connectivity index (χ4v) is 3.09. The zero-order valence-corrected chi connectivity index (χ0v) is 13.7. The number of benzene rings is 1. The van der Waals surface area contributed by atoms with Gasteiger partial charge in [-0.15, -0.1) is 10.2 Å². The van der Waals surface area contributed by atoms with Crippen LogP contribution in [0.3, 0.4) is 0 Å². The van der Waals surface area contributed by atoms with Gasteiger partial charge in [-0.1, -0.05) is 41.7 Å². The van der Waals surface area contributed by atoms with Crippen molar-refractivity contribution in [3.8, 4) is 11.3 Å². The number of aromatic nitrogens is 5. The summed E-state index contributed by atoms with van der Waals surface area (Å²) in [6.45, 7) is 2.01. The van der Waals surface area contributed by atoms with Crippen molar-refractivity contribution >= 4 is 27.9 Å². The van der Waals surface area contributed by atoms with Crippen molar-refractivity contribution in [1.29, 1.82) is 0 Å². The summed E-state index contributed by atoms with van der Waals surface area (Å²) < 4.78 is 1.77. The van der Waals surface area contributed by atoms with Gasteiger partial charge in [0.05, 0.1) is 17.9 Å². The van der Waals surface area contributed by atoms with E-state index in [-0.39, 0.29) is 6.04 Å². The lowest BCUT2D eigenvalue weighted by atomic mass is 10.1. The third-order valence-electron chi connectivity index (χ3n) is 3.62. The van der Waals surface area contributed by atoms with E-state index in [1.165, 1.54) is 11.3 Å². The summed E-state index contributed by atoms with van der Waals surface area (Å²) >= 11 is 1.37. The minimum Gasteiger partial charge on any atom is -0.374 e. The van der Waals surface area contributed by atoms with E-state index >= 15 is 0 Å². The highest BCUT2D eigenvalue weighted by Crippen LogP contribution is 2.26. The maximum atomic E-state index is 5.67. The molecule has 0 aliphatic carbocycles. The van der Waals surface area contributed by atoms with Gasteiger partial charge in [0, 0.05) is 17.7 Å². The molecule has 7 nitrogen and oxygen atoms in total. The van der Waals surface area contributed by atoms with E-state index in [4.69, 9.17) is 5.73 Å². The Bertz CT molecular complexity index is 976. The van der Waals surface area contributed by atoms with Crippen molar-refractivity contribution < 1.29 is 0 Å². The molecule has 0 saturated heterocycles. The van der Waals surface area contributed by atoms with Gasteiger partial charge in [0.1, 0.15) is 10.8 Å². The number of nitrogens with one attached hydrogen (secondary N) is 1. The molecule has 3 N–H and O–H groups in total. The second-order valence-corrected chi connectivity index (χ2v) is 6.38. The van der Waals surface area contributed by atoms with Gasteiger partial charge in [-0.25, -0.2) is 4.98 Å². The number of hydrogen-bond acceptors (Lipinski definition) is 7. The average molecular weight is 337 g/mol. The number of hydrogen-bond donors (Lipinski definition) is 2. The Balaban J connectivity index is 1.75. The van der Waals surface area contributed by atoms with Crippen LogP contribution in [-0.2, 0) is 0 Å². The summed E-state index contributed by atoms with van der Waals surface area (Å²) in [5, 5.41) is 17.0. The lowest BCUT2D eigenvalue weighted by Crippen LogP contribution is -2.11. The summed E-state index contributed by atoms with van der Waals surface area (Å²) in [6.07, 6.45) is 1.73. The fraction of sp³-hybridized carbons (Fsp3) is 0.125. The normalized spacial score (nSPS) is 12.4. The molecule has 1 atom stereocenters. The van der Waals surface area contributed by atoms with Crippen LogP contribution in [0.4, 0.5) is 10.9 Å². The predicted octanol–water partition coefficient (Wildman–Crippen LogP) is 3.00. The molecule has 120 valence electrons. The van der Waals surface area contributed by atoms with E-state index in [1.807, 2.05) is 49.4 Å². The van der Waals surface area contributed by atoms with Gasteiger partial charge in [-0.2, -0.15) is 9.61 Å². The van der Waals surface area contributed by atoms with E-state index < -0.39 is 0 Å². The first-order valence-electron chi connectivity index (χ1n) is 7.46. The minimum atomic E-state index is -0.0433. The highest BCUT2D eigenvalue weighted by molar-refractivity contribution is 7.15. The topological polar surface area (TPSA) is 94.0 Å². The maximum absolute atomic E-state index is 5.67. The monoisotopic (exact) mass is 337 g/mol. The predicted molar refractivity (Wildman–Crippen MR) is 94.8 cm³/mol. The van der Waals surface area contributed by atoms with Gasteiger partial charge < -0.3 is 11.1 Å². The molecule has 8 heteroatoms. The smallest absolute Gasteiger partial charge is 0.203 e. The lowest BCUT2D eigenvalue weighted by molar-refractivity contribution is 0.814. The first-order chi connectivity index (χ1) is 11.7. The molecule has 3 aromatic heterocycles. The molecule has 0 bridgehead atoms. The van der Waals surface area contributed by atoms with Crippen molar-refractivity contribution in [2.45, 2.75) is 13.0 Å². The van der Waals surface area contributed by atoms with Crippen molar-refractivity contribution in [1.82, 2.24) is 24.8 Å². The van der Waals surface area contributed by atoms with E-state index in [0.717, 1.165) is 27.7 Å². The second kappa shape index (κ2) is 5.89. The quantitative estimate of drug-likeness (QED) is 0.594. The molecule has 0 aliphatic rings. The van der Waals surface area contributed by atoms with Crippen LogP contribution in [0.15, 0.2) is 48.7 Å². The Morgan fingerprint density at radius 2 is 2.00 bits per heavy atom. The zero-order valence-electron chi connectivity index (χ0n) is 12.9. The Labute approximate surface area is 142 Å². The number of fused-ring (bicyclic) bond motifs is 1. The number of nitrogen functional groups attached to an aromatic ring is 1. The molecule has 1 aromatic carbocycles. The molecule has 0 aliphatic heterocycles. The van der Waals surface area contributed by atoms with Crippen LogP contribution in [0.1, 0.15) is 18.0 Å². The highest BCUT2D eigenvalue weighted by atomic mass is 32.1. The van der Waals surface area contributed by atoms with E-state index in [2.05, 4.69) is 25.6 Å². The van der Waals surface area contributed by atoms with Crippen molar-refractivity contribution in [2.75, 3.05) is 11.1 Å². The number of rotatable bonds is 4. The van der Waals surface area contributed by atoms with Crippen LogP contribution >= 0.6 is 11.3 Å². The summed E-state index contributed by atoms with van der Waals surface area (Å²) in [5.41, 5.74) is 8.39. The van der Waals surface area contributed by atoms with Gasteiger partial charge in [0.2, 0.25) is 5.13 Å². The third kappa shape index (κ3) is 2.67. The first kappa shape index (κ1) is 14.6. The number of nitrogens with two attached hydrogens (primary N) is 1. The maximum Gasteiger partial charge on any atom is 0.203 e. The lowest BCUT2D eigenvalue weighted by Gasteiger charge is -2.14. The molecule has 0 fully saturated rings. The molecule has 3 heterocycles. The second-order valence-electron chi connectivity index (χ2n) is 5.34. The molecule has 0 amide bonds. The summed E-state index contributed by atoms with van der Waals surface area (Å²) in [7, 11) is 0. The molecular formula is C16H15N7S. The van der Waals surface area contributed by atoms with Crippen molar-refractivity contribution in [3.05, 3.63) is 53.7 Å². The van der Waals surface area contributed by atoms with Gasteiger partial charge in [0.25, 0.3) is 0 Å². The third-order valence-corrected chi connectivity index (χ3v) is 4.56. The Hall–Kier alpha value is -3.00. The van der Waals surface area contributed by atoms with E-state index in [9.17, 15) is 0 Å². The van der Waals surface area contributed by atoms with Crippen LogP contribution in [0.2, 0.25) is 0 Å². The van der Waals surface area contributed by atoms with Gasteiger partial charge in [-0.3, -0.25) is 0 Å². The summed E-state index contributed by atoms with van der Waals surface area (Å²) in [5.74, 6) is 0.838. The first-order valence-corrected chi connectivity index (χ1v) is 8.28. The van der Waals surface area contributed by atoms with Crippen LogP contribution in [-0.4, -0.2) is 24.8 Å². The van der Waals surface area contributed by atoms with Gasteiger partial charge in [0.15, 0.2) is 5.65 Å². The van der Waals surface area contributed by atoms with Crippen LogP contribution in [0.5, 0.6) is 0 Å².